The summed E-state index contributed by atoms with van der Waals surface area (Å²) >= 11 is 0. The maximum absolute atomic E-state index is 5.67. The minimum Gasteiger partial charge on any atom is -0.486 e. The standard InChI is InChI=1S/C15H20N2O2/c1-2-11-10-17(5-3-4-16)13-9-15-14(8-12(11)13)18-6-7-19-15/h8-10H,2-7,16H2,1H3. The number of hydrogen-bond acceptors (Lipinski definition) is 3. The molecular formula is C15H20N2O2. The van der Waals surface area contributed by atoms with Crippen LogP contribution in [0.1, 0.15) is 18.9 Å². The van der Waals surface area contributed by atoms with Crippen LogP contribution in [0.15, 0.2) is 18.3 Å². The molecule has 102 valence electrons. The lowest BCUT2D eigenvalue weighted by Gasteiger charge is -2.18. The molecule has 1 aromatic heterocycles. The van der Waals surface area contributed by atoms with Crippen molar-refractivity contribution in [1.82, 2.24) is 4.57 Å². The molecule has 1 aliphatic rings. The number of aromatic nitrogens is 1. The predicted molar refractivity (Wildman–Crippen MR) is 76.0 cm³/mol. The van der Waals surface area contributed by atoms with Crippen molar-refractivity contribution in [3.05, 3.63) is 23.9 Å². The van der Waals surface area contributed by atoms with Crippen LogP contribution in [0.2, 0.25) is 0 Å². The summed E-state index contributed by atoms with van der Waals surface area (Å²) in [4.78, 5) is 0. The first-order valence-corrected chi connectivity index (χ1v) is 6.95. The molecule has 0 unspecified atom stereocenters. The summed E-state index contributed by atoms with van der Waals surface area (Å²) in [5.41, 5.74) is 8.18. The third-order valence-corrected chi connectivity index (χ3v) is 3.61. The van der Waals surface area contributed by atoms with Gasteiger partial charge < -0.3 is 19.8 Å². The van der Waals surface area contributed by atoms with Crippen LogP contribution in [0.3, 0.4) is 0 Å². The van der Waals surface area contributed by atoms with Gasteiger partial charge in [-0.05, 0) is 31.0 Å². The summed E-state index contributed by atoms with van der Waals surface area (Å²) in [5.74, 6) is 1.72. The first-order chi connectivity index (χ1) is 9.33. The summed E-state index contributed by atoms with van der Waals surface area (Å²) in [7, 11) is 0. The van der Waals surface area contributed by atoms with Crippen molar-refractivity contribution in [3.8, 4) is 11.5 Å². The lowest BCUT2D eigenvalue weighted by atomic mass is 10.1. The molecule has 19 heavy (non-hydrogen) atoms. The fraction of sp³-hybridized carbons (Fsp3) is 0.467. The van der Waals surface area contributed by atoms with Crippen LogP contribution in [-0.4, -0.2) is 24.3 Å². The Morgan fingerprint density at radius 1 is 1.21 bits per heavy atom. The highest BCUT2D eigenvalue weighted by Crippen LogP contribution is 2.36. The monoisotopic (exact) mass is 260 g/mol. The maximum Gasteiger partial charge on any atom is 0.163 e. The fourth-order valence-electron chi connectivity index (χ4n) is 2.63. The molecule has 1 aliphatic heterocycles. The van der Waals surface area contributed by atoms with Gasteiger partial charge in [-0.2, -0.15) is 0 Å². The second kappa shape index (κ2) is 5.13. The van der Waals surface area contributed by atoms with Crippen LogP contribution in [0.5, 0.6) is 11.5 Å². The molecule has 0 bridgehead atoms. The molecule has 3 rings (SSSR count). The molecule has 0 saturated heterocycles. The zero-order valence-corrected chi connectivity index (χ0v) is 11.3. The Bertz CT molecular complexity index is 589. The summed E-state index contributed by atoms with van der Waals surface area (Å²) in [6.45, 7) is 5.10. The van der Waals surface area contributed by atoms with Gasteiger partial charge >= 0.3 is 0 Å². The van der Waals surface area contributed by atoms with Gasteiger partial charge in [-0.3, -0.25) is 0 Å². The first kappa shape index (κ1) is 12.4. The smallest absolute Gasteiger partial charge is 0.163 e. The van der Waals surface area contributed by atoms with E-state index in [0.717, 1.165) is 30.9 Å². The Morgan fingerprint density at radius 2 is 1.95 bits per heavy atom. The second-order valence-electron chi connectivity index (χ2n) is 4.86. The third-order valence-electron chi connectivity index (χ3n) is 3.61. The summed E-state index contributed by atoms with van der Waals surface area (Å²) < 4.78 is 13.6. The van der Waals surface area contributed by atoms with Crippen molar-refractivity contribution in [2.24, 2.45) is 5.73 Å². The van der Waals surface area contributed by atoms with Gasteiger partial charge in [0.25, 0.3) is 0 Å². The number of ether oxygens (including phenoxy) is 2. The number of hydrogen-bond donors (Lipinski definition) is 1. The predicted octanol–water partition coefficient (Wildman–Crippen LogP) is 2.32. The molecule has 2 heterocycles. The van der Waals surface area contributed by atoms with Crippen molar-refractivity contribution >= 4 is 10.9 Å². The minimum absolute atomic E-state index is 0.628. The Balaban J connectivity index is 2.11. The van der Waals surface area contributed by atoms with Crippen molar-refractivity contribution in [3.63, 3.8) is 0 Å². The van der Waals surface area contributed by atoms with Crippen LogP contribution >= 0.6 is 0 Å². The summed E-state index contributed by atoms with van der Waals surface area (Å²) in [6.07, 6.45) is 4.24. The van der Waals surface area contributed by atoms with E-state index in [2.05, 4.69) is 29.8 Å². The number of nitrogens with two attached hydrogens (primary N) is 1. The van der Waals surface area contributed by atoms with E-state index < -0.39 is 0 Å². The molecule has 0 spiro atoms. The van der Waals surface area contributed by atoms with Gasteiger partial charge in [0.2, 0.25) is 0 Å². The minimum atomic E-state index is 0.628. The Morgan fingerprint density at radius 3 is 2.63 bits per heavy atom. The molecule has 0 fully saturated rings. The molecule has 1 aromatic carbocycles. The van der Waals surface area contributed by atoms with Crippen LogP contribution in [-0.2, 0) is 13.0 Å². The van der Waals surface area contributed by atoms with E-state index in [9.17, 15) is 0 Å². The quantitative estimate of drug-likeness (QED) is 0.917. The topological polar surface area (TPSA) is 49.4 Å². The summed E-state index contributed by atoms with van der Waals surface area (Å²) in [5, 5.41) is 1.27. The second-order valence-corrected chi connectivity index (χ2v) is 4.86. The third kappa shape index (κ3) is 2.16. The van der Waals surface area contributed by atoms with Crippen LogP contribution < -0.4 is 15.2 Å². The van der Waals surface area contributed by atoms with Gasteiger partial charge in [0.05, 0.1) is 5.52 Å². The molecule has 0 amide bonds. The molecular weight excluding hydrogens is 240 g/mol. The van der Waals surface area contributed by atoms with Crippen molar-refractivity contribution in [2.45, 2.75) is 26.3 Å². The summed E-state index contributed by atoms with van der Waals surface area (Å²) in [6, 6.07) is 4.21. The van der Waals surface area contributed by atoms with E-state index in [1.54, 1.807) is 0 Å². The van der Waals surface area contributed by atoms with E-state index in [4.69, 9.17) is 15.2 Å². The van der Waals surface area contributed by atoms with E-state index in [0.29, 0.717) is 19.8 Å². The van der Waals surface area contributed by atoms with Gasteiger partial charge in [0, 0.05) is 24.2 Å². The number of aryl methyl sites for hydroxylation is 2. The molecule has 4 heteroatoms. The zero-order valence-electron chi connectivity index (χ0n) is 11.3. The molecule has 2 N–H and O–H groups in total. The number of nitrogens with zero attached hydrogens (tertiary/aromatic N) is 1. The molecule has 0 saturated carbocycles. The molecule has 4 nitrogen and oxygen atoms in total. The molecule has 0 atom stereocenters. The average Bonchev–Trinajstić information content (AvgIpc) is 2.80. The van der Waals surface area contributed by atoms with Gasteiger partial charge in [0.1, 0.15) is 13.2 Å². The van der Waals surface area contributed by atoms with E-state index in [1.165, 1.54) is 16.5 Å². The van der Waals surface area contributed by atoms with E-state index >= 15 is 0 Å². The van der Waals surface area contributed by atoms with Gasteiger partial charge in [0.15, 0.2) is 11.5 Å². The number of benzene rings is 1. The number of rotatable bonds is 4. The van der Waals surface area contributed by atoms with Crippen molar-refractivity contribution in [2.75, 3.05) is 19.8 Å². The van der Waals surface area contributed by atoms with Crippen LogP contribution in [0.25, 0.3) is 10.9 Å². The van der Waals surface area contributed by atoms with Gasteiger partial charge in [-0.15, -0.1) is 0 Å². The van der Waals surface area contributed by atoms with Crippen LogP contribution in [0, 0.1) is 0 Å². The Labute approximate surface area is 113 Å². The molecule has 2 aromatic rings. The normalized spacial score (nSPS) is 14.0. The van der Waals surface area contributed by atoms with E-state index in [-0.39, 0.29) is 0 Å². The first-order valence-electron chi connectivity index (χ1n) is 6.95. The highest BCUT2D eigenvalue weighted by Gasteiger charge is 2.16. The largest absolute Gasteiger partial charge is 0.486 e. The molecule has 0 radical (unpaired) electrons. The molecule has 0 aliphatic carbocycles. The highest BCUT2D eigenvalue weighted by molar-refractivity contribution is 5.87. The van der Waals surface area contributed by atoms with E-state index in [1.807, 2.05) is 0 Å². The SMILES string of the molecule is CCc1cn(CCCN)c2cc3c(cc12)OCCO3. The Kier molecular flexibility index (Phi) is 3.34. The lowest BCUT2D eigenvalue weighted by Crippen LogP contribution is -2.15. The Hall–Kier alpha value is -1.68. The zero-order chi connectivity index (χ0) is 13.2. The van der Waals surface area contributed by atoms with Crippen molar-refractivity contribution in [1.29, 1.82) is 0 Å². The highest BCUT2D eigenvalue weighted by atomic mass is 16.6. The fourth-order valence-corrected chi connectivity index (χ4v) is 2.63. The van der Waals surface area contributed by atoms with Crippen molar-refractivity contribution < 1.29 is 9.47 Å². The van der Waals surface area contributed by atoms with Gasteiger partial charge in [-0.1, -0.05) is 6.92 Å². The maximum atomic E-state index is 5.67. The lowest BCUT2D eigenvalue weighted by molar-refractivity contribution is 0.172. The number of fused-ring (bicyclic) bond motifs is 2. The van der Waals surface area contributed by atoms with Gasteiger partial charge in [-0.25, -0.2) is 0 Å². The van der Waals surface area contributed by atoms with Crippen LogP contribution in [0.4, 0.5) is 0 Å². The average molecular weight is 260 g/mol.